The zero-order chi connectivity index (χ0) is 14.3. The Labute approximate surface area is 114 Å². The summed E-state index contributed by atoms with van der Waals surface area (Å²) < 4.78 is 24.7. The molecule has 2 nitrogen and oxygen atoms in total. The summed E-state index contributed by atoms with van der Waals surface area (Å²) in [4.78, 5) is 2.34. The van der Waals surface area contributed by atoms with Gasteiger partial charge in [0, 0.05) is 13.1 Å². The van der Waals surface area contributed by atoms with Gasteiger partial charge in [-0.05, 0) is 31.1 Å². The molecule has 1 atom stereocenters. The van der Waals surface area contributed by atoms with Crippen LogP contribution < -0.4 is 5.32 Å². The Morgan fingerprint density at radius 3 is 2.05 bits per heavy atom. The second kappa shape index (κ2) is 8.23. The van der Waals surface area contributed by atoms with E-state index in [0.29, 0.717) is 6.54 Å². The van der Waals surface area contributed by atoms with Crippen LogP contribution in [-0.4, -0.2) is 30.5 Å². The van der Waals surface area contributed by atoms with Crippen molar-refractivity contribution in [2.75, 3.05) is 13.1 Å². The Balaban J connectivity index is 2.47. The first-order chi connectivity index (χ1) is 9.06. The lowest BCUT2D eigenvalue weighted by Crippen LogP contribution is -2.31. The molecule has 0 saturated carbocycles. The quantitative estimate of drug-likeness (QED) is 0.780. The van der Waals surface area contributed by atoms with E-state index in [1.54, 1.807) is 0 Å². The van der Waals surface area contributed by atoms with Gasteiger partial charge in [0.2, 0.25) is 0 Å². The van der Waals surface area contributed by atoms with Crippen molar-refractivity contribution in [1.29, 1.82) is 0 Å². The molecule has 4 heteroatoms. The normalized spacial score (nSPS) is 13.2. The topological polar surface area (TPSA) is 15.3 Å². The molecule has 1 aromatic rings. The van der Waals surface area contributed by atoms with Crippen molar-refractivity contribution >= 4 is 0 Å². The van der Waals surface area contributed by atoms with Crippen molar-refractivity contribution < 1.29 is 8.78 Å². The van der Waals surface area contributed by atoms with Crippen molar-refractivity contribution in [3.05, 3.63) is 35.4 Å². The number of benzene rings is 1. The molecular formula is C15H24F2N2. The van der Waals surface area contributed by atoms with Gasteiger partial charge >= 0.3 is 0 Å². The molecule has 1 unspecified atom stereocenters. The third-order valence-corrected chi connectivity index (χ3v) is 3.33. The maximum Gasteiger partial charge on any atom is 0.253 e. The summed E-state index contributed by atoms with van der Waals surface area (Å²) in [6, 6.07) is 7.38. The van der Waals surface area contributed by atoms with Gasteiger partial charge in [-0.25, -0.2) is 8.78 Å². The van der Waals surface area contributed by atoms with Crippen LogP contribution in [0.1, 0.15) is 31.9 Å². The van der Waals surface area contributed by atoms with E-state index in [2.05, 4.69) is 36.2 Å². The average molecular weight is 270 g/mol. The van der Waals surface area contributed by atoms with Crippen LogP contribution in [0.2, 0.25) is 0 Å². The van der Waals surface area contributed by atoms with Crippen LogP contribution in [0.15, 0.2) is 24.3 Å². The van der Waals surface area contributed by atoms with Gasteiger partial charge in [-0.1, -0.05) is 38.1 Å². The van der Waals surface area contributed by atoms with Crippen molar-refractivity contribution in [2.45, 2.75) is 46.3 Å². The van der Waals surface area contributed by atoms with E-state index in [-0.39, 0.29) is 0 Å². The standard InChI is InChI=1S/C15H24F2N2/c1-4-19(5-2)11-14-8-6-13(7-9-14)10-18-12(3)15(16)17/h6-9,12,15,18H,4-5,10-11H2,1-3H3. The van der Waals surface area contributed by atoms with Gasteiger partial charge in [0.1, 0.15) is 0 Å². The van der Waals surface area contributed by atoms with E-state index in [0.717, 1.165) is 25.2 Å². The van der Waals surface area contributed by atoms with Crippen molar-refractivity contribution in [3.63, 3.8) is 0 Å². The molecule has 1 N–H and O–H groups in total. The zero-order valence-corrected chi connectivity index (χ0v) is 12.0. The highest BCUT2D eigenvalue weighted by atomic mass is 19.3. The maximum atomic E-state index is 12.3. The SMILES string of the molecule is CCN(CC)Cc1ccc(CNC(C)C(F)F)cc1. The van der Waals surface area contributed by atoms with Crippen LogP contribution in [-0.2, 0) is 13.1 Å². The Morgan fingerprint density at radius 1 is 1.05 bits per heavy atom. The fourth-order valence-electron chi connectivity index (χ4n) is 1.84. The Kier molecular flexibility index (Phi) is 6.95. The number of hydrogen-bond acceptors (Lipinski definition) is 2. The number of halogens is 2. The molecule has 0 aliphatic rings. The molecule has 0 saturated heterocycles. The summed E-state index contributed by atoms with van der Waals surface area (Å²) in [5.74, 6) is 0. The molecule has 0 amide bonds. The Hall–Kier alpha value is -1.00. The van der Waals surface area contributed by atoms with Crippen LogP contribution in [0.4, 0.5) is 8.78 Å². The lowest BCUT2D eigenvalue weighted by atomic mass is 10.1. The molecule has 1 aromatic carbocycles. The van der Waals surface area contributed by atoms with Gasteiger partial charge in [-0.3, -0.25) is 4.90 Å². The molecule has 0 heterocycles. The molecule has 108 valence electrons. The second-order valence-electron chi connectivity index (χ2n) is 4.78. The molecule has 0 bridgehead atoms. The van der Waals surface area contributed by atoms with E-state index >= 15 is 0 Å². The minimum Gasteiger partial charge on any atom is -0.305 e. The molecule has 0 aliphatic heterocycles. The molecular weight excluding hydrogens is 246 g/mol. The summed E-state index contributed by atoms with van der Waals surface area (Å²) in [5, 5.41) is 2.82. The largest absolute Gasteiger partial charge is 0.305 e. The summed E-state index contributed by atoms with van der Waals surface area (Å²) in [6.45, 7) is 9.28. The fraction of sp³-hybridized carbons (Fsp3) is 0.600. The molecule has 0 aliphatic carbocycles. The minimum absolute atomic E-state index is 0.483. The van der Waals surface area contributed by atoms with Gasteiger partial charge < -0.3 is 5.32 Å². The van der Waals surface area contributed by atoms with Gasteiger partial charge in [0.05, 0.1) is 6.04 Å². The average Bonchev–Trinajstić information content (AvgIpc) is 2.43. The summed E-state index contributed by atoms with van der Waals surface area (Å²) in [5.41, 5.74) is 2.30. The first-order valence-electron chi connectivity index (χ1n) is 6.88. The summed E-state index contributed by atoms with van der Waals surface area (Å²) in [6.07, 6.45) is -2.32. The Bertz CT molecular complexity index is 348. The van der Waals surface area contributed by atoms with E-state index in [1.165, 1.54) is 12.5 Å². The van der Waals surface area contributed by atoms with Crippen LogP contribution in [0.3, 0.4) is 0 Å². The Morgan fingerprint density at radius 2 is 1.58 bits per heavy atom. The first-order valence-corrected chi connectivity index (χ1v) is 6.88. The number of nitrogens with zero attached hydrogens (tertiary/aromatic N) is 1. The summed E-state index contributed by atoms with van der Waals surface area (Å²) >= 11 is 0. The molecule has 0 fully saturated rings. The molecule has 19 heavy (non-hydrogen) atoms. The van der Waals surface area contributed by atoms with Crippen LogP contribution >= 0.6 is 0 Å². The lowest BCUT2D eigenvalue weighted by Gasteiger charge is -2.18. The third kappa shape index (κ3) is 5.66. The van der Waals surface area contributed by atoms with Gasteiger partial charge in [0.15, 0.2) is 0 Å². The van der Waals surface area contributed by atoms with Gasteiger partial charge in [-0.15, -0.1) is 0 Å². The molecule has 0 radical (unpaired) electrons. The van der Waals surface area contributed by atoms with E-state index in [1.807, 2.05) is 12.1 Å². The van der Waals surface area contributed by atoms with Crippen LogP contribution in [0, 0.1) is 0 Å². The highest BCUT2D eigenvalue weighted by Gasteiger charge is 2.13. The van der Waals surface area contributed by atoms with Crippen LogP contribution in [0.25, 0.3) is 0 Å². The number of alkyl halides is 2. The predicted molar refractivity (Wildman–Crippen MR) is 75.4 cm³/mol. The van der Waals surface area contributed by atoms with Crippen molar-refractivity contribution in [3.8, 4) is 0 Å². The highest BCUT2D eigenvalue weighted by Crippen LogP contribution is 2.08. The predicted octanol–water partition coefficient (Wildman–Crippen LogP) is 3.27. The lowest BCUT2D eigenvalue weighted by molar-refractivity contribution is 0.105. The third-order valence-electron chi connectivity index (χ3n) is 3.33. The zero-order valence-electron chi connectivity index (χ0n) is 12.0. The second-order valence-corrected chi connectivity index (χ2v) is 4.78. The smallest absolute Gasteiger partial charge is 0.253 e. The van der Waals surface area contributed by atoms with Crippen LogP contribution in [0.5, 0.6) is 0 Å². The number of rotatable bonds is 8. The van der Waals surface area contributed by atoms with E-state index < -0.39 is 12.5 Å². The maximum absolute atomic E-state index is 12.3. The number of hydrogen-bond donors (Lipinski definition) is 1. The monoisotopic (exact) mass is 270 g/mol. The van der Waals surface area contributed by atoms with Crippen molar-refractivity contribution in [2.24, 2.45) is 0 Å². The van der Waals surface area contributed by atoms with E-state index in [9.17, 15) is 8.78 Å². The molecule has 1 rings (SSSR count). The minimum atomic E-state index is -2.32. The van der Waals surface area contributed by atoms with Crippen molar-refractivity contribution in [1.82, 2.24) is 10.2 Å². The fourth-order valence-corrected chi connectivity index (χ4v) is 1.84. The molecule has 0 spiro atoms. The van der Waals surface area contributed by atoms with Gasteiger partial charge in [0.25, 0.3) is 6.43 Å². The highest BCUT2D eigenvalue weighted by molar-refractivity contribution is 5.22. The molecule has 0 aromatic heterocycles. The number of nitrogens with one attached hydrogen (secondary N) is 1. The van der Waals surface area contributed by atoms with E-state index in [4.69, 9.17) is 0 Å². The van der Waals surface area contributed by atoms with Gasteiger partial charge in [-0.2, -0.15) is 0 Å². The summed E-state index contributed by atoms with van der Waals surface area (Å²) in [7, 11) is 0. The first kappa shape index (κ1) is 16.1.